The lowest BCUT2D eigenvalue weighted by Gasteiger charge is -2.35. The molecule has 0 saturated heterocycles. The number of aromatic amines is 1. The zero-order valence-corrected chi connectivity index (χ0v) is 16.0. The van der Waals surface area contributed by atoms with E-state index in [4.69, 9.17) is 5.73 Å². The molecule has 1 unspecified atom stereocenters. The number of benzene rings is 1. The second-order valence-corrected chi connectivity index (χ2v) is 8.23. The third kappa shape index (κ3) is 3.49. The van der Waals surface area contributed by atoms with Crippen molar-refractivity contribution in [3.05, 3.63) is 54.0 Å². The SMILES string of the molecule is CC(C)(CCC1CN(Cc2cccc3[nH]ccc23)Cc2ccnn21)C(N)=O. The molecule has 3 N–H and O–H groups in total. The number of hydrogen-bond donors (Lipinski definition) is 2. The first-order chi connectivity index (χ1) is 12.9. The summed E-state index contributed by atoms with van der Waals surface area (Å²) < 4.78 is 2.13. The summed E-state index contributed by atoms with van der Waals surface area (Å²) in [6.45, 7) is 6.55. The smallest absolute Gasteiger partial charge is 0.223 e. The zero-order chi connectivity index (χ0) is 19.0. The minimum atomic E-state index is -0.494. The van der Waals surface area contributed by atoms with Gasteiger partial charge in [-0.1, -0.05) is 26.0 Å². The van der Waals surface area contributed by atoms with Crippen LogP contribution in [-0.4, -0.2) is 32.1 Å². The molecule has 6 heteroatoms. The van der Waals surface area contributed by atoms with Gasteiger partial charge in [0.15, 0.2) is 0 Å². The Hall–Kier alpha value is -2.60. The van der Waals surface area contributed by atoms with Crippen LogP contribution in [0.1, 0.15) is 44.0 Å². The van der Waals surface area contributed by atoms with E-state index in [9.17, 15) is 4.79 Å². The van der Waals surface area contributed by atoms with E-state index in [1.165, 1.54) is 22.2 Å². The van der Waals surface area contributed by atoms with E-state index < -0.39 is 5.41 Å². The van der Waals surface area contributed by atoms with Gasteiger partial charge in [-0.3, -0.25) is 14.4 Å². The van der Waals surface area contributed by atoms with Crippen LogP contribution in [0.2, 0.25) is 0 Å². The quantitative estimate of drug-likeness (QED) is 0.704. The number of nitrogens with one attached hydrogen (secondary N) is 1. The number of aromatic nitrogens is 3. The fraction of sp³-hybridized carbons (Fsp3) is 0.429. The molecule has 0 radical (unpaired) electrons. The molecule has 1 aliphatic rings. The van der Waals surface area contributed by atoms with E-state index in [2.05, 4.69) is 50.0 Å². The van der Waals surface area contributed by atoms with Crippen molar-refractivity contribution in [2.24, 2.45) is 11.1 Å². The van der Waals surface area contributed by atoms with E-state index in [1.54, 1.807) is 0 Å². The summed E-state index contributed by atoms with van der Waals surface area (Å²) in [5, 5.41) is 5.82. The predicted molar refractivity (Wildman–Crippen MR) is 106 cm³/mol. The number of carbonyl (C=O) groups excluding carboxylic acids is 1. The number of nitrogens with zero attached hydrogens (tertiary/aromatic N) is 3. The van der Waals surface area contributed by atoms with E-state index in [1.807, 2.05) is 26.2 Å². The van der Waals surface area contributed by atoms with Crippen LogP contribution in [-0.2, 0) is 17.9 Å². The third-order valence-electron chi connectivity index (χ3n) is 5.80. The van der Waals surface area contributed by atoms with Gasteiger partial charge in [0.2, 0.25) is 5.91 Å². The van der Waals surface area contributed by atoms with Crippen molar-refractivity contribution in [3.8, 4) is 0 Å². The van der Waals surface area contributed by atoms with Crippen LogP contribution in [0, 0.1) is 5.41 Å². The Balaban J connectivity index is 1.53. The molecular formula is C21H27N5O. The van der Waals surface area contributed by atoms with Gasteiger partial charge in [-0.2, -0.15) is 5.10 Å². The summed E-state index contributed by atoms with van der Waals surface area (Å²) in [4.78, 5) is 17.4. The first-order valence-corrected chi connectivity index (χ1v) is 9.54. The van der Waals surface area contributed by atoms with Crippen molar-refractivity contribution in [2.45, 2.75) is 45.8 Å². The van der Waals surface area contributed by atoms with Crippen LogP contribution < -0.4 is 5.73 Å². The van der Waals surface area contributed by atoms with Crippen LogP contribution >= 0.6 is 0 Å². The summed E-state index contributed by atoms with van der Waals surface area (Å²) in [5.74, 6) is -0.241. The van der Waals surface area contributed by atoms with Crippen LogP contribution in [0.4, 0.5) is 0 Å². The van der Waals surface area contributed by atoms with Gasteiger partial charge in [0, 0.05) is 48.3 Å². The fourth-order valence-electron chi connectivity index (χ4n) is 3.98. The first-order valence-electron chi connectivity index (χ1n) is 9.54. The Morgan fingerprint density at radius 1 is 1.33 bits per heavy atom. The van der Waals surface area contributed by atoms with Crippen molar-refractivity contribution in [1.29, 1.82) is 0 Å². The molecule has 4 rings (SSSR count). The molecule has 27 heavy (non-hydrogen) atoms. The van der Waals surface area contributed by atoms with Crippen molar-refractivity contribution >= 4 is 16.8 Å². The molecule has 0 fully saturated rings. The summed E-state index contributed by atoms with van der Waals surface area (Å²) >= 11 is 0. The number of primary amides is 1. The van der Waals surface area contributed by atoms with Gasteiger partial charge in [0.25, 0.3) is 0 Å². The molecule has 2 aromatic heterocycles. The van der Waals surface area contributed by atoms with Gasteiger partial charge in [0.05, 0.1) is 11.7 Å². The van der Waals surface area contributed by atoms with Crippen LogP contribution in [0.3, 0.4) is 0 Å². The highest BCUT2D eigenvalue weighted by Gasteiger charge is 2.30. The normalized spacial score (nSPS) is 17.9. The lowest BCUT2D eigenvalue weighted by Crippen LogP contribution is -2.38. The molecule has 0 aliphatic carbocycles. The van der Waals surface area contributed by atoms with Gasteiger partial charge in [-0.25, -0.2) is 0 Å². The Labute approximate surface area is 159 Å². The highest BCUT2D eigenvalue weighted by Crippen LogP contribution is 2.31. The lowest BCUT2D eigenvalue weighted by molar-refractivity contribution is -0.126. The van der Waals surface area contributed by atoms with E-state index in [0.717, 1.165) is 32.5 Å². The zero-order valence-electron chi connectivity index (χ0n) is 16.0. The summed E-state index contributed by atoms with van der Waals surface area (Å²) in [7, 11) is 0. The van der Waals surface area contributed by atoms with Crippen molar-refractivity contribution in [1.82, 2.24) is 19.7 Å². The summed E-state index contributed by atoms with van der Waals surface area (Å²) in [6.07, 6.45) is 5.51. The number of nitrogens with two attached hydrogens (primary N) is 1. The van der Waals surface area contributed by atoms with E-state index in [-0.39, 0.29) is 11.9 Å². The lowest BCUT2D eigenvalue weighted by atomic mass is 9.85. The average Bonchev–Trinajstić information content (AvgIpc) is 3.29. The minimum Gasteiger partial charge on any atom is -0.369 e. The third-order valence-corrected chi connectivity index (χ3v) is 5.80. The molecule has 1 atom stereocenters. The molecule has 142 valence electrons. The topological polar surface area (TPSA) is 79.9 Å². The maximum atomic E-state index is 11.7. The highest BCUT2D eigenvalue weighted by atomic mass is 16.1. The number of H-pyrrole nitrogens is 1. The Morgan fingerprint density at radius 3 is 3.00 bits per heavy atom. The van der Waals surface area contributed by atoms with Crippen molar-refractivity contribution in [2.75, 3.05) is 6.54 Å². The van der Waals surface area contributed by atoms with Gasteiger partial charge >= 0.3 is 0 Å². The predicted octanol–water partition coefficient (Wildman–Crippen LogP) is 3.21. The molecule has 0 spiro atoms. The Morgan fingerprint density at radius 2 is 2.19 bits per heavy atom. The van der Waals surface area contributed by atoms with Crippen LogP contribution in [0.5, 0.6) is 0 Å². The Bertz CT molecular complexity index is 954. The van der Waals surface area contributed by atoms with Crippen molar-refractivity contribution in [3.63, 3.8) is 0 Å². The monoisotopic (exact) mass is 365 g/mol. The van der Waals surface area contributed by atoms with Crippen molar-refractivity contribution < 1.29 is 4.79 Å². The molecule has 3 heterocycles. The number of amides is 1. The number of carbonyl (C=O) groups is 1. The number of fused-ring (bicyclic) bond motifs is 2. The second-order valence-electron chi connectivity index (χ2n) is 8.23. The molecule has 6 nitrogen and oxygen atoms in total. The maximum Gasteiger partial charge on any atom is 0.223 e. The molecular weight excluding hydrogens is 338 g/mol. The number of rotatable bonds is 6. The first kappa shape index (κ1) is 17.8. The van der Waals surface area contributed by atoms with E-state index in [0.29, 0.717) is 0 Å². The van der Waals surface area contributed by atoms with Crippen LogP contribution in [0.25, 0.3) is 10.9 Å². The molecule has 1 aromatic carbocycles. The molecule has 0 bridgehead atoms. The van der Waals surface area contributed by atoms with Crippen LogP contribution in [0.15, 0.2) is 42.7 Å². The minimum absolute atomic E-state index is 0.241. The standard InChI is InChI=1S/C21H27N5O/c1-21(2,20(22)27)9-6-16-13-25(14-17-7-11-24-26(16)17)12-15-4-3-5-19-18(15)8-10-23-19/h3-5,7-8,10-11,16,23H,6,9,12-14H2,1-2H3,(H2,22,27). The summed E-state index contributed by atoms with van der Waals surface area (Å²) in [6, 6.07) is 10.9. The number of hydrogen-bond acceptors (Lipinski definition) is 3. The molecule has 3 aromatic rings. The average molecular weight is 365 g/mol. The Kier molecular flexibility index (Phi) is 4.52. The molecule has 1 amide bonds. The van der Waals surface area contributed by atoms with Gasteiger partial charge in [0.1, 0.15) is 0 Å². The van der Waals surface area contributed by atoms with Gasteiger partial charge < -0.3 is 10.7 Å². The fourth-order valence-corrected chi connectivity index (χ4v) is 3.98. The second kappa shape index (κ2) is 6.85. The largest absolute Gasteiger partial charge is 0.369 e. The maximum absolute atomic E-state index is 11.7. The highest BCUT2D eigenvalue weighted by molar-refractivity contribution is 5.82. The van der Waals surface area contributed by atoms with Gasteiger partial charge in [-0.05, 0) is 36.6 Å². The van der Waals surface area contributed by atoms with E-state index >= 15 is 0 Å². The molecule has 0 saturated carbocycles. The van der Waals surface area contributed by atoms with Gasteiger partial charge in [-0.15, -0.1) is 0 Å². The molecule has 1 aliphatic heterocycles. The summed E-state index contributed by atoms with van der Waals surface area (Å²) in [5.41, 5.74) is 8.80.